The predicted octanol–water partition coefficient (Wildman–Crippen LogP) is 0.530. The molecular weight excluding hydrogens is 475 g/mol. The maximum atomic E-state index is 11.4. The number of benzene rings is 1. The third-order valence-corrected chi connectivity index (χ3v) is 12.7. The zero-order valence-electron chi connectivity index (χ0n) is 12.2. The third-order valence-electron chi connectivity index (χ3n) is 2.26. The Morgan fingerprint density at radius 2 is 1.38 bits per heavy atom. The normalized spacial score (nSPS) is 10.5. The molecule has 0 radical (unpaired) electrons. The standard InChI is InChI=1S/C7H7O.3C2H4O2.Pb/c1-8-7-5-3-2-4-6-7;3*1-2(3)4;/h2-3,5-6H,1H3;3*1H3,(H,3,4);/q;;;;+3/p-3. The van der Waals surface area contributed by atoms with Crippen LogP contribution in [-0.4, -0.2) is 47.5 Å². The van der Waals surface area contributed by atoms with Gasteiger partial charge in [0.2, 0.25) is 0 Å². The van der Waals surface area contributed by atoms with Gasteiger partial charge in [-0.3, -0.25) is 0 Å². The fourth-order valence-corrected chi connectivity index (χ4v) is 10.3. The zero-order chi connectivity index (χ0) is 16.0. The van der Waals surface area contributed by atoms with E-state index in [9.17, 15) is 14.4 Å². The van der Waals surface area contributed by atoms with E-state index in [1.807, 2.05) is 0 Å². The summed E-state index contributed by atoms with van der Waals surface area (Å²) in [6.07, 6.45) is 0. The van der Waals surface area contributed by atoms with Crippen molar-refractivity contribution in [2.45, 2.75) is 20.8 Å². The first-order valence-electron chi connectivity index (χ1n) is 6.02. The molecule has 8 heteroatoms. The average molecular weight is 491 g/mol. The molecule has 114 valence electrons. The minimum atomic E-state index is -5.09. The molecule has 0 saturated carbocycles. The van der Waals surface area contributed by atoms with Crippen molar-refractivity contribution in [3.05, 3.63) is 24.3 Å². The molecule has 1 aromatic rings. The van der Waals surface area contributed by atoms with Gasteiger partial charge >= 0.3 is 129 Å². The number of hydrogen-bond donors (Lipinski definition) is 0. The summed E-state index contributed by atoms with van der Waals surface area (Å²) in [4.78, 5) is 34.1. The SMILES string of the molecule is COc1ccc[c]([Pb]([O]C(C)=O)([O]C(C)=O)[O]C(C)=O)c1. The summed E-state index contributed by atoms with van der Waals surface area (Å²) in [5.74, 6) is -1.62. The van der Waals surface area contributed by atoms with Crippen molar-refractivity contribution in [2.75, 3.05) is 7.11 Å². The van der Waals surface area contributed by atoms with Crippen molar-refractivity contribution in [2.24, 2.45) is 0 Å². The summed E-state index contributed by atoms with van der Waals surface area (Å²) in [7, 11) is 1.46. The molecule has 0 amide bonds. The Morgan fingerprint density at radius 3 is 1.76 bits per heavy atom. The molecule has 0 aliphatic carbocycles. The van der Waals surface area contributed by atoms with E-state index in [4.69, 9.17) is 12.8 Å². The van der Waals surface area contributed by atoms with Crippen LogP contribution >= 0.6 is 0 Å². The first kappa shape index (κ1) is 17.4. The molecule has 0 aliphatic heterocycles. The van der Waals surface area contributed by atoms with E-state index in [-0.39, 0.29) is 0 Å². The molecule has 1 rings (SSSR count). The van der Waals surface area contributed by atoms with Gasteiger partial charge in [0.25, 0.3) is 0 Å². The van der Waals surface area contributed by atoms with Crippen LogP contribution in [0.2, 0.25) is 0 Å². The number of ether oxygens (including phenoxy) is 1. The Labute approximate surface area is 128 Å². The van der Waals surface area contributed by atoms with Gasteiger partial charge in [-0.2, -0.15) is 0 Å². The van der Waals surface area contributed by atoms with E-state index < -0.39 is 40.4 Å². The average Bonchev–Trinajstić information content (AvgIpc) is 2.36. The van der Waals surface area contributed by atoms with E-state index in [1.165, 1.54) is 13.2 Å². The number of carbonyl (C=O) groups excluding carboxylic acids is 3. The maximum absolute atomic E-state index is 11.4. The van der Waals surface area contributed by atoms with Gasteiger partial charge in [0.05, 0.1) is 0 Å². The van der Waals surface area contributed by atoms with Crippen LogP contribution in [0.15, 0.2) is 24.3 Å². The fraction of sp³-hybridized carbons (Fsp3) is 0.308. The first-order valence-corrected chi connectivity index (χ1v) is 12.7. The van der Waals surface area contributed by atoms with Crippen LogP contribution in [0, 0.1) is 0 Å². The number of methoxy groups -OCH3 is 1. The minimum absolute atomic E-state index is 0.349. The molecule has 7 nitrogen and oxygen atoms in total. The second kappa shape index (κ2) is 7.39. The molecular formula is C13H16O7Pb. The number of hydrogen-bond acceptors (Lipinski definition) is 7. The van der Waals surface area contributed by atoms with Crippen molar-refractivity contribution in [1.29, 1.82) is 0 Å². The molecule has 0 unspecified atom stereocenters. The third kappa shape index (κ3) is 4.99. The summed E-state index contributed by atoms with van der Waals surface area (Å²) in [5, 5.41) is 0. The molecule has 0 spiro atoms. The molecule has 1 aromatic carbocycles. The molecule has 0 aromatic heterocycles. The fourth-order valence-electron chi connectivity index (χ4n) is 1.62. The van der Waals surface area contributed by atoms with E-state index in [1.54, 1.807) is 18.2 Å². The first-order chi connectivity index (χ1) is 9.79. The number of carbonyl (C=O) groups is 3. The van der Waals surface area contributed by atoms with Crippen LogP contribution in [0.4, 0.5) is 0 Å². The van der Waals surface area contributed by atoms with Gasteiger partial charge in [0, 0.05) is 0 Å². The van der Waals surface area contributed by atoms with Crippen LogP contribution in [-0.2, 0) is 22.4 Å². The van der Waals surface area contributed by atoms with Crippen LogP contribution in [0.25, 0.3) is 0 Å². The summed E-state index contributed by atoms with van der Waals surface area (Å²) >= 11 is -5.09. The Hall–Kier alpha value is -1.65. The second-order valence-corrected chi connectivity index (χ2v) is 13.0. The molecule has 0 atom stereocenters. The second-order valence-electron chi connectivity index (χ2n) is 4.07. The van der Waals surface area contributed by atoms with E-state index in [0.717, 1.165) is 20.8 Å². The molecule has 0 N–H and O–H groups in total. The Bertz CT molecular complexity index is 514. The van der Waals surface area contributed by atoms with Crippen LogP contribution in [0.1, 0.15) is 20.8 Å². The monoisotopic (exact) mass is 492 g/mol. The molecule has 0 fully saturated rings. The molecule has 0 aliphatic rings. The van der Waals surface area contributed by atoms with Gasteiger partial charge in [-0.1, -0.05) is 0 Å². The summed E-state index contributed by atoms with van der Waals surface area (Å²) in [6, 6.07) is 6.38. The Balaban J connectivity index is 3.39. The zero-order valence-corrected chi connectivity index (χ0v) is 16.1. The van der Waals surface area contributed by atoms with Gasteiger partial charge in [0.15, 0.2) is 0 Å². The summed E-state index contributed by atoms with van der Waals surface area (Å²) in [6.45, 7) is 3.46. The van der Waals surface area contributed by atoms with Crippen LogP contribution in [0.3, 0.4) is 0 Å². The van der Waals surface area contributed by atoms with Crippen LogP contribution in [0.5, 0.6) is 5.75 Å². The van der Waals surface area contributed by atoms with E-state index in [0.29, 0.717) is 8.87 Å². The van der Waals surface area contributed by atoms with Crippen molar-refractivity contribution in [3.8, 4) is 5.75 Å². The Morgan fingerprint density at radius 1 is 0.905 bits per heavy atom. The van der Waals surface area contributed by atoms with Gasteiger partial charge in [-0.25, -0.2) is 0 Å². The molecule has 0 heterocycles. The number of rotatable bonds is 5. The molecule has 0 bridgehead atoms. The van der Waals surface area contributed by atoms with Crippen LogP contribution < -0.4 is 7.86 Å². The quantitative estimate of drug-likeness (QED) is 0.556. The Kier molecular flexibility index (Phi) is 6.12. The van der Waals surface area contributed by atoms with Crippen molar-refractivity contribution >= 4 is 43.6 Å². The molecule has 0 saturated heterocycles. The van der Waals surface area contributed by atoms with Crippen molar-refractivity contribution in [1.82, 2.24) is 0 Å². The van der Waals surface area contributed by atoms with E-state index in [2.05, 4.69) is 0 Å². The predicted molar refractivity (Wildman–Crippen MR) is 73.7 cm³/mol. The van der Waals surface area contributed by atoms with Gasteiger partial charge in [0.1, 0.15) is 0 Å². The summed E-state index contributed by atoms with van der Waals surface area (Å²) < 4.78 is 21.0. The van der Waals surface area contributed by atoms with E-state index >= 15 is 0 Å². The molecule has 21 heavy (non-hydrogen) atoms. The van der Waals surface area contributed by atoms with Gasteiger partial charge in [-0.15, -0.1) is 0 Å². The van der Waals surface area contributed by atoms with Gasteiger partial charge < -0.3 is 0 Å². The van der Waals surface area contributed by atoms with Crippen molar-refractivity contribution < 1.29 is 27.2 Å². The topological polar surface area (TPSA) is 88.1 Å². The summed E-state index contributed by atoms with van der Waals surface area (Å²) in [5.41, 5.74) is 0. The van der Waals surface area contributed by atoms with Gasteiger partial charge in [-0.05, 0) is 0 Å². The van der Waals surface area contributed by atoms with Crippen molar-refractivity contribution in [3.63, 3.8) is 0 Å².